The highest BCUT2D eigenvalue weighted by molar-refractivity contribution is 7.99. The maximum atomic E-state index is 8.37. The molecule has 2 aromatic heterocycles. The van der Waals surface area contributed by atoms with Crippen LogP contribution in [0.15, 0.2) is 52.7 Å². The fourth-order valence-corrected chi connectivity index (χ4v) is 2.05. The summed E-state index contributed by atoms with van der Waals surface area (Å²) in [6, 6.07) is 9.29. The lowest BCUT2D eigenvalue weighted by Crippen LogP contribution is -2.02. The number of rotatable bonds is 7. The highest BCUT2D eigenvalue weighted by Gasteiger charge is 1.98. The van der Waals surface area contributed by atoms with Crippen molar-refractivity contribution in [1.29, 1.82) is 0 Å². The summed E-state index contributed by atoms with van der Waals surface area (Å²) >= 11 is 1.63. The molecule has 0 bridgehead atoms. The van der Waals surface area contributed by atoms with Crippen LogP contribution in [0.4, 0.5) is 5.69 Å². The number of nitrogens with one attached hydrogen (secondary N) is 1. The van der Waals surface area contributed by atoms with E-state index in [9.17, 15) is 0 Å². The van der Waals surface area contributed by atoms with Gasteiger partial charge in [0, 0.05) is 18.0 Å². The van der Waals surface area contributed by atoms with Gasteiger partial charge in [0.05, 0.1) is 23.5 Å². The Morgan fingerprint density at radius 2 is 2.25 bits per heavy atom. The van der Waals surface area contributed by atoms with Crippen LogP contribution in [0, 0.1) is 0 Å². The molecule has 2 N–H and O–H groups in total. The first-order valence-electron chi connectivity index (χ1n) is 5.93. The number of aliphatic imine (C=N–C) groups is 1. The van der Waals surface area contributed by atoms with Gasteiger partial charge in [0.15, 0.2) is 0 Å². The summed E-state index contributed by atoms with van der Waals surface area (Å²) in [6.45, 7) is 0.551. The Hall–Kier alpha value is -2.12. The molecule has 0 spiro atoms. The molecule has 0 unspecified atom stereocenters. The molecule has 2 heterocycles. The Morgan fingerprint density at radius 1 is 1.30 bits per heavy atom. The van der Waals surface area contributed by atoms with E-state index in [1.807, 2.05) is 23.7 Å². The van der Waals surface area contributed by atoms with Crippen molar-refractivity contribution < 1.29 is 9.94 Å². The molecule has 0 aromatic carbocycles. The number of pyridine rings is 2. The molecule has 6 nitrogen and oxygen atoms in total. The van der Waals surface area contributed by atoms with Crippen molar-refractivity contribution >= 4 is 23.8 Å². The Labute approximate surface area is 120 Å². The number of hydrogen-bond acceptors (Lipinski definition) is 6. The average Bonchev–Trinajstić information content (AvgIpc) is 2.52. The topological polar surface area (TPSA) is 79.6 Å². The van der Waals surface area contributed by atoms with Gasteiger partial charge in [-0.05, 0) is 18.2 Å². The van der Waals surface area contributed by atoms with E-state index in [0.29, 0.717) is 18.2 Å². The molecule has 7 heteroatoms. The summed E-state index contributed by atoms with van der Waals surface area (Å²) in [5.74, 6) is 1.34. The van der Waals surface area contributed by atoms with Crippen LogP contribution in [-0.2, 0) is 0 Å². The largest absolute Gasteiger partial charge is 0.477 e. The van der Waals surface area contributed by atoms with Crippen molar-refractivity contribution in [2.75, 3.05) is 12.4 Å². The number of nitrogens with zero attached hydrogens (tertiary/aromatic N) is 3. The van der Waals surface area contributed by atoms with Crippen LogP contribution >= 0.6 is 11.8 Å². The van der Waals surface area contributed by atoms with Crippen molar-refractivity contribution in [3.63, 3.8) is 0 Å². The Balaban J connectivity index is 1.73. The lowest BCUT2D eigenvalue weighted by molar-refractivity contribution is 0.240. The molecule has 0 fully saturated rings. The van der Waals surface area contributed by atoms with Crippen LogP contribution in [0.5, 0.6) is 5.88 Å². The third-order valence-electron chi connectivity index (χ3n) is 2.21. The standard InChI is InChI=1S/C13H14N4O2S/c18-17-10-16-11-4-5-12(15-9-11)19-7-8-20-13-3-1-2-6-14-13/h1-6,9-10,18H,7-8H2,(H,16,17). The van der Waals surface area contributed by atoms with Gasteiger partial charge in [-0.2, -0.15) is 0 Å². The minimum atomic E-state index is 0.544. The van der Waals surface area contributed by atoms with Crippen LogP contribution in [-0.4, -0.2) is 33.9 Å². The number of thioether (sulfide) groups is 1. The van der Waals surface area contributed by atoms with Gasteiger partial charge in [0.2, 0.25) is 5.88 Å². The quantitative estimate of drug-likeness (QED) is 0.268. The van der Waals surface area contributed by atoms with Gasteiger partial charge < -0.3 is 4.74 Å². The Morgan fingerprint density at radius 3 is 2.95 bits per heavy atom. The van der Waals surface area contributed by atoms with Crippen molar-refractivity contribution in [3.8, 4) is 5.88 Å². The summed E-state index contributed by atoms with van der Waals surface area (Å²) in [7, 11) is 0. The maximum absolute atomic E-state index is 8.37. The number of ether oxygens (including phenoxy) is 1. The van der Waals surface area contributed by atoms with Crippen LogP contribution in [0.1, 0.15) is 0 Å². The fourth-order valence-electron chi connectivity index (χ4n) is 1.36. The SMILES string of the molecule is ONC=Nc1ccc(OCCSc2ccccn2)nc1. The zero-order valence-electron chi connectivity index (χ0n) is 10.6. The van der Waals surface area contributed by atoms with E-state index < -0.39 is 0 Å². The Bertz CT molecular complexity index is 534. The van der Waals surface area contributed by atoms with Gasteiger partial charge in [0.1, 0.15) is 6.34 Å². The van der Waals surface area contributed by atoms with E-state index >= 15 is 0 Å². The fraction of sp³-hybridized carbons (Fsp3) is 0.154. The van der Waals surface area contributed by atoms with Crippen molar-refractivity contribution in [1.82, 2.24) is 15.4 Å². The maximum Gasteiger partial charge on any atom is 0.213 e. The van der Waals surface area contributed by atoms with E-state index in [-0.39, 0.29) is 0 Å². The molecule has 0 aliphatic carbocycles. The van der Waals surface area contributed by atoms with E-state index in [4.69, 9.17) is 9.94 Å². The lowest BCUT2D eigenvalue weighted by atomic mass is 10.4. The smallest absolute Gasteiger partial charge is 0.213 e. The number of hydroxylamine groups is 1. The first kappa shape index (κ1) is 14.3. The van der Waals surface area contributed by atoms with Gasteiger partial charge in [0.25, 0.3) is 0 Å². The van der Waals surface area contributed by atoms with Crippen molar-refractivity contribution in [2.24, 2.45) is 4.99 Å². The first-order valence-corrected chi connectivity index (χ1v) is 6.92. The van der Waals surface area contributed by atoms with E-state index in [1.165, 1.54) is 6.34 Å². The normalized spacial score (nSPS) is 10.7. The minimum absolute atomic E-state index is 0.544. The predicted octanol–water partition coefficient (Wildman–Crippen LogP) is 2.29. The van der Waals surface area contributed by atoms with Crippen LogP contribution in [0.25, 0.3) is 0 Å². The van der Waals surface area contributed by atoms with E-state index in [0.717, 1.165) is 10.8 Å². The second-order valence-corrected chi connectivity index (χ2v) is 4.72. The van der Waals surface area contributed by atoms with Gasteiger partial charge in [-0.3, -0.25) is 10.7 Å². The molecule has 0 radical (unpaired) electrons. The lowest BCUT2D eigenvalue weighted by Gasteiger charge is -2.04. The average molecular weight is 290 g/mol. The molecule has 104 valence electrons. The zero-order valence-corrected chi connectivity index (χ0v) is 11.5. The molecule has 0 amide bonds. The molecule has 2 aromatic rings. The highest BCUT2D eigenvalue weighted by atomic mass is 32.2. The molecule has 0 atom stereocenters. The first-order chi connectivity index (χ1) is 9.88. The Kier molecular flexibility index (Phi) is 5.81. The van der Waals surface area contributed by atoms with Crippen LogP contribution in [0.2, 0.25) is 0 Å². The number of aromatic nitrogens is 2. The van der Waals surface area contributed by atoms with Gasteiger partial charge in [-0.15, -0.1) is 11.8 Å². The molecule has 0 saturated carbocycles. The summed E-state index contributed by atoms with van der Waals surface area (Å²) in [5.41, 5.74) is 2.46. The second kappa shape index (κ2) is 8.13. The van der Waals surface area contributed by atoms with Gasteiger partial charge >= 0.3 is 0 Å². The molecule has 0 aliphatic rings. The van der Waals surface area contributed by atoms with Gasteiger partial charge in [-0.25, -0.2) is 15.0 Å². The molecule has 0 saturated heterocycles. The summed E-state index contributed by atoms with van der Waals surface area (Å²) in [4.78, 5) is 12.2. The molecular weight excluding hydrogens is 276 g/mol. The highest BCUT2D eigenvalue weighted by Crippen LogP contribution is 2.16. The van der Waals surface area contributed by atoms with Gasteiger partial charge in [-0.1, -0.05) is 6.07 Å². The van der Waals surface area contributed by atoms with Crippen molar-refractivity contribution in [2.45, 2.75) is 5.03 Å². The summed E-state index contributed by atoms with van der Waals surface area (Å²) < 4.78 is 5.51. The molecular formula is C13H14N4O2S. The molecule has 20 heavy (non-hydrogen) atoms. The third kappa shape index (κ3) is 4.87. The minimum Gasteiger partial charge on any atom is -0.477 e. The van der Waals surface area contributed by atoms with E-state index in [2.05, 4.69) is 15.0 Å². The van der Waals surface area contributed by atoms with Crippen molar-refractivity contribution in [3.05, 3.63) is 42.7 Å². The summed E-state index contributed by atoms with van der Waals surface area (Å²) in [5, 5.41) is 9.34. The third-order valence-corrected chi connectivity index (χ3v) is 3.12. The number of hydrogen-bond donors (Lipinski definition) is 2. The monoisotopic (exact) mass is 290 g/mol. The van der Waals surface area contributed by atoms with Crippen LogP contribution in [0.3, 0.4) is 0 Å². The second-order valence-electron chi connectivity index (χ2n) is 3.61. The predicted molar refractivity (Wildman–Crippen MR) is 77.8 cm³/mol. The summed E-state index contributed by atoms with van der Waals surface area (Å²) in [6.07, 6.45) is 4.50. The zero-order chi connectivity index (χ0) is 14.0. The van der Waals surface area contributed by atoms with E-state index in [1.54, 1.807) is 36.3 Å². The molecule has 2 rings (SSSR count). The van der Waals surface area contributed by atoms with Crippen LogP contribution < -0.4 is 10.2 Å². The molecule has 0 aliphatic heterocycles.